The molecule has 128 valence electrons. The summed E-state index contributed by atoms with van der Waals surface area (Å²) in [6.45, 7) is 2.11. The molecule has 0 aliphatic carbocycles. The molecule has 2 rings (SSSR count). The number of unbranched alkanes of at least 4 members (excludes halogenated alkanes) is 3. The minimum absolute atomic E-state index is 0.198. The van der Waals surface area contributed by atoms with Gasteiger partial charge in [-0.25, -0.2) is 4.79 Å². The number of aliphatic carboxylic acids is 1. The second-order valence-corrected chi connectivity index (χ2v) is 6.17. The third-order valence-electron chi connectivity index (χ3n) is 4.16. The highest BCUT2D eigenvalue weighted by molar-refractivity contribution is 5.87. The highest BCUT2D eigenvalue weighted by Crippen LogP contribution is 2.16. The minimum atomic E-state index is -0.960. The van der Waals surface area contributed by atoms with Crippen molar-refractivity contribution in [1.82, 2.24) is 5.32 Å². The zero-order chi connectivity index (χ0) is 17.4. The van der Waals surface area contributed by atoms with Crippen LogP contribution in [0.5, 0.6) is 0 Å². The molecule has 0 saturated heterocycles. The average molecular weight is 327 g/mol. The number of hydrogen-bond donors (Lipinski definition) is 2. The predicted octanol–water partition coefficient (Wildman–Crippen LogP) is 3.92. The second-order valence-electron chi connectivity index (χ2n) is 6.17. The predicted molar refractivity (Wildman–Crippen MR) is 96.0 cm³/mol. The van der Waals surface area contributed by atoms with Crippen LogP contribution in [0.15, 0.2) is 42.5 Å². The number of carbonyl (C=O) groups is 2. The van der Waals surface area contributed by atoms with Gasteiger partial charge in [-0.05, 0) is 22.8 Å². The first-order valence-corrected chi connectivity index (χ1v) is 8.60. The minimum Gasteiger partial charge on any atom is -0.480 e. The molecule has 1 atom stereocenters. The lowest BCUT2D eigenvalue weighted by Gasteiger charge is -2.14. The van der Waals surface area contributed by atoms with Gasteiger partial charge in [0.25, 0.3) is 0 Å². The van der Waals surface area contributed by atoms with Crippen LogP contribution < -0.4 is 5.32 Å². The zero-order valence-corrected chi connectivity index (χ0v) is 14.1. The number of nitrogens with one attached hydrogen (secondary N) is 1. The first-order chi connectivity index (χ1) is 11.6. The molecule has 0 aliphatic heterocycles. The Hall–Kier alpha value is -2.36. The van der Waals surface area contributed by atoms with Crippen molar-refractivity contribution in [3.63, 3.8) is 0 Å². The molecular formula is C20H25NO3. The summed E-state index contributed by atoms with van der Waals surface area (Å²) in [4.78, 5) is 23.5. The van der Waals surface area contributed by atoms with Gasteiger partial charge in [0.1, 0.15) is 6.04 Å². The Morgan fingerprint density at radius 2 is 1.79 bits per heavy atom. The van der Waals surface area contributed by atoms with Crippen molar-refractivity contribution in [2.24, 2.45) is 0 Å². The van der Waals surface area contributed by atoms with Crippen molar-refractivity contribution in [3.05, 3.63) is 48.0 Å². The maximum Gasteiger partial charge on any atom is 0.326 e. The lowest BCUT2D eigenvalue weighted by atomic mass is 10.0. The zero-order valence-electron chi connectivity index (χ0n) is 14.1. The van der Waals surface area contributed by atoms with Gasteiger partial charge >= 0.3 is 5.97 Å². The summed E-state index contributed by atoms with van der Waals surface area (Å²) in [6, 6.07) is 13.0. The standard InChI is InChI=1S/C20H25NO3/c1-2-3-4-5-10-18(20(23)24)21-19(22)14-15-11-12-16-8-6-7-9-17(16)13-15/h6-9,11-13,18H,2-5,10,14H2,1H3,(H,21,22)(H,23,24)/t18-/m0/s1. The van der Waals surface area contributed by atoms with Crippen molar-refractivity contribution in [2.45, 2.75) is 51.5 Å². The van der Waals surface area contributed by atoms with Gasteiger partial charge in [-0.1, -0.05) is 75.1 Å². The van der Waals surface area contributed by atoms with Crippen LogP contribution in [-0.4, -0.2) is 23.0 Å². The van der Waals surface area contributed by atoms with Gasteiger partial charge in [0.05, 0.1) is 6.42 Å². The Balaban J connectivity index is 1.92. The van der Waals surface area contributed by atoms with Gasteiger partial charge < -0.3 is 10.4 Å². The third kappa shape index (κ3) is 5.37. The van der Waals surface area contributed by atoms with Crippen molar-refractivity contribution in [2.75, 3.05) is 0 Å². The van der Waals surface area contributed by atoms with Crippen LogP contribution in [0.3, 0.4) is 0 Å². The maximum atomic E-state index is 12.2. The van der Waals surface area contributed by atoms with Gasteiger partial charge in [-0.15, -0.1) is 0 Å². The largest absolute Gasteiger partial charge is 0.480 e. The second kappa shape index (κ2) is 9.06. The summed E-state index contributed by atoms with van der Waals surface area (Å²) in [6.07, 6.45) is 4.70. The summed E-state index contributed by atoms with van der Waals surface area (Å²) in [5.41, 5.74) is 0.890. The lowest BCUT2D eigenvalue weighted by molar-refractivity contribution is -0.142. The number of amides is 1. The molecule has 0 spiro atoms. The summed E-state index contributed by atoms with van der Waals surface area (Å²) in [5, 5.41) is 14.1. The summed E-state index contributed by atoms with van der Waals surface area (Å²) in [5.74, 6) is -1.20. The Labute approximate surface area is 142 Å². The number of hydrogen-bond acceptors (Lipinski definition) is 2. The van der Waals surface area contributed by atoms with Gasteiger partial charge in [0.15, 0.2) is 0 Å². The Morgan fingerprint density at radius 1 is 1.04 bits per heavy atom. The van der Waals surface area contributed by atoms with E-state index in [-0.39, 0.29) is 12.3 Å². The molecule has 0 heterocycles. The number of carboxylic acid groups (broad SMARTS) is 1. The molecule has 2 aromatic carbocycles. The molecule has 0 bridgehead atoms. The number of fused-ring (bicyclic) bond motifs is 1. The van der Waals surface area contributed by atoms with E-state index in [1.807, 2.05) is 42.5 Å². The Kier molecular flexibility index (Phi) is 6.79. The lowest BCUT2D eigenvalue weighted by Crippen LogP contribution is -2.41. The van der Waals surface area contributed by atoms with E-state index in [4.69, 9.17) is 0 Å². The van der Waals surface area contributed by atoms with E-state index >= 15 is 0 Å². The van der Waals surface area contributed by atoms with E-state index in [0.717, 1.165) is 42.0 Å². The van der Waals surface area contributed by atoms with Crippen molar-refractivity contribution in [3.8, 4) is 0 Å². The molecule has 1 amide bonds. The van der Waals surface area contributed by atoms with E-state index in [0.29, 0.717) is 6.42 Å². The molecule has 4 nitrogen and oxygen atoms in total. The normalized spacial score (nSPS) is 12.0. The topological polar surface area (TPSA) is 66.4 Å². The fraction of sp³-hybridized carbons (Fsp3) is 0.400. The Morgan fingerprint density at radius 3 is 2.50 bits per heavy atom. The Bertz CT molecular complexity index is 696. The van der Waals surface area contributed by atoms with Crippen LogP contribution in [-0.2, 0) is 16.0 Å². The molecule has 24 heavy (non-hydrogen) atoms. The fourth-order valence-corrected chi connectivity index (χ4v) is 2.81. The smallest absolute Gasteiger partial charge is 0.326 e. The number of carboxylic acids is 1. The van der Waals surface area contributed by atoms with E-state index in [2.05, 4.69) is 12.2 Å². The van der Waals surface area contributed by atoms with E-state index in [1.165, 1.54) is 0 Å². The number of benzene rings is 2. The van der Waals surface area contributed by atoms with Crippen molar-refractivity contribution >= 4 is 22.6 Å². The average Bonchev–Trinajstić information content (AvgIpc) is 2.57. The molecule has 0 aromatic heterocycles. The quantitative estimate of drug-likeness (QED) is 0.686. The van der Waals surface area contributed by atoms with Gasteiger partial charge in [0.2, 0.25) is 5.91 Å². The van der Waals surface area contributed by atoms with Crippen LogP contribution in [0.2, 0.25) is 0 Å². The van der Waals surface area contributed by atoms with Crippen LogP contribution in [0.4, 0.5) is 0 Å². The molecule has 0 saturated carbocycles. The first-order valence-electron chi connectivity index (χ1n) is 8.60. The maximum absolute atomic E-state index is 12.2. The van der Waals surface area contributed by atoms with Crippen LogP contribution in [0.25, 0.3) is 10.8 Å². The molecule has 0 radical (unpaired) electrons. The SMILES string of the molecule is CCCCCC[C@H](NC(=O)Cc1ccc2ccccc2c1)C(=O)O. The molecule has 0 fully saturated rings. The number of carbonyl (C=O) groups excluding carboxylic acids is 1. The van der Waals surface area contributed by atoms with Gasteiger partial charge in [0, 0.05) is 0 Å². The van der Waals surface area contributed by atoms with E-state index in [9.17, 15) is 14.7 Å². The van der Waals surface area contributed by atoms with Crippen LogP contribution in [0.1, 0.15) is 44.6 Å². The van der Waals surface area contributed by atoms with Gasteiger partial charge in [-0.2, -0.15) is 0 Å². The number of rotatable bonds is 9. The van der Waals surface area contributed by atoms with E-state index < -0.39 is 12.0 Å². The molecule has 0 aliphatic rings. The van der Waals surface area contributed by atoms with Crippen molar-refractivity contribution in [1.29, 1.82) is 0 Å². The van der Waals surface area contributed by atoms with Crippen molar-refractivity contribution < 1.29 is 14.7 Å². The summed E-state index contributed by atoms with van der Waals surface area (Å²) >= 11 is 0. The first kappa shape index (κ1) is 18.0. The third-order valence-corrected chi connectivity index (χ3v) is 4.16. The van der Waals surface area contributed by atoms with Crippen LogP contribution in [0, 0.1) is 0 Å². The summed E-state index contributed by atoms with van der Waals surface area (Å²) < 4.78 is 0. The van der Waals surface area contributed by atoms with E-state index in [1.54, 1.807) is 0 Å². The monoisotopic (exact) mass is 327 g/mol. The summed E-state index contributed by atoms with van der Waals surface area (Å²) in [7, 11) is 0. The molecule has 2 aromatic rings. The van der Waals surface area contributed by atoms with Gasteiger partial charge in [-0.3, -0.25) is 4.79 Å². The molecule has 0 unspecified atom stereocenters. The molecule has 2 N–H and O–H groups in total. The highest BCUT2D eigenvalue weighted by Gasteiger charge is 2.19. The highest BCUT2D eigenvalue weighted by atomic mass is 16.4. The molecular weight excluding hydrogens is 302 g/mol. The molecule has 4 heteroatoms. The van der Waals surface area contributed by atoms with Crippen LogP contribution >= 0.6 is 0 Å². The fourth-order valence-electron chi connectivity index (χ4n) is 2.81.